The first-order valence-corrected chi connectivity index (χ1v) is 9.58. The number of rotatable bonds is 9. The van der Waals surface area contributed by atoms with Gasteiger partial charge in [-0.15, -0.1) is 0 Å². The minimum absolute atomic E-state index is 0.0485. The molecule has 0 fully saturated rings. The average Bonchev–Trinajstić information content (AvgIpc) is 2.72. The van der Waals surface area contributed by atoms with Gasteiger partial charge in [0.15, 0.2) is 11.5 Å². The molecule has 7 heteroatoms. The Bertz CT molecular complexity index is 947. The largest absolute Gasteiger partial charge is 0.494 e. The molecule has 0 bridgehead atoms. The van der Waals surface area contributed by atoms with Crippen LogP contribution in [0.25, 0.3) is 6.08 Å². The Morgan fingerprint density at radius 2 is 2.00 bits per heavy atom. The Labute approximate surface area is 178 Å². The molecule has 0 aromatic heterocycles. The molecule has 6 nitrogen and oxygen atoms in total. The molecule has 0 radical (unpaired) electrons. The van der Waals surface area contributed by atoms with Gasteiger partial charge in [-0.1, -0.05) is 12.7 Å². The van der Waals surface area contributed by atoms with E-state index in [0.29, 0.717) is 46.2 Å². The first-order valence-electron chi connectivity index (χ1n) is 8.79. The van der Waals surface area contributed by atoms with E-state index < -0.39 is 5.91 Å². The molecular formula is C22H21BrN2O4. The molecule has 0 aliphatic rings. The van der Waals surface area contributed by atoms with Crippen molar-refractivity contribution in [3.63, 3.8) is 0 Å². The summed E-state index contributed by atoms with van der Waals surface area (Å²) in [6, 6.07) is 12.3. The zero-order valence-corrected chi connectivity index (χ0v) is 17.8. The van der Waals surface area contributed by atoms with Crippen molar-refractivity contribution < 1.29 is 19.0 Å². The first kappa shape index (κ1) is 22.1. The van der Waals surface area contributed by atoms with E-state index in [-0.39, 0.29) is 5.57 Å². The Morgan fingerprint density at radius 3 is 2.59 bits per heavy atom. The third kappa shape index (κ3) is 6.13. The lowest BCUT2D eigenvalue weighted by Crippen LogP contribution is -2.13. The highest BCUT2D eigenvalue weighted by Gasteiger charge is 2.14. The maximum absolute atomic E-state index is 12.5. The summed E-state index contributed by atoms with van der Waals surface area (Å²) in [5.41, 5.74) is 1.12. The van der Waals surface area contributed by atoms with Gasteiger partial charge in [0.25, 0.3) is 5.91 Å². The van der Waals surface area contributed by atoms with Crippen LogP contribution in [0.15, 0.2) is 59.1 Å². The van der Waals surface area contributed by atoms with Gasteiger partial charge in [0.1, 0.15) is 24.0 Å². The molecule has 0 atom stereocenters. The van der Waals surface area contributed by atoms with Crippen LogP contribution in [-0.4, -0.2) is 26.2 Å². The Balaban J connectivity index is 2.23. The molecule has 1 N–H and O–H groups in total. The molecule has 0 unspecified atom stereocenters. The quantitative estimate of drug-likeness (QED) is 0.327. The first-order chi connectivity index (χ1) is 14.0. The zero-order chi connectivity index (χ0) is 21.2. The van der Waals surface area contributed by atoms with Crippen LogP contribution < -0.4 is 19.5 Å². The van der Waals surface area contributed by atoms with E-state index in [1.807, 2.05) is 13.0 Å². The van der Waals surface area contributed by atoms with Crippen molar-refractivity contribution in [2.24, 2.45) is 0 Å². The predicted molar refractivity (Wildman–Crippen MR) is 116 cm³/mol. The topological polar surface area (TPSA) is 80.6 Å². The fourth-order valence-electron chi connectivity index (χ4n) is 2.42. The van der Waals surface area contributed by atoms with Crippen molar-refractivity contribution in [2.75, 3.05) is 25.6 Å². The number of nitrogens with one attached hydrogen (secondary N) is 1. The summed E-state index contributed by atoms with van der Waals surface area (Å²) >= 11 is 3.43. The number of amides is 1. The van der Waals surface area contributed by atoms with Crippen molar-refractivity contribution in [1.82, 2.24) is 0 Å². The van der Waals surface area contributed by atoms with Gasteiger partial charge in [-0.05, 0) is 70.9 Å². The molecule has 0 saturated heterocycles. The maximum atomic E-state index is 12.5. The van der Waals surface area contributed by atoms with E-state index in [1.165, 1.54) is 13.2 Å². The second-order valence-corrected chi connectivity index (χ2v) is 6.57. The van der Waals surface area contributed by atoms with Crippen LogP contribution >= 0.6 is 15.9 Å². The molecule has 1 amide bonds. The van der Waals surface area contributed by atoms with Gasteiger partial charge in [-0.3, -0.25) is 4.79 Å². The number of anilines is 1. The van der Waals surface area contributed by atoms with Crippen LogP contribution in [0.5, 0.6) is 17.2 Å². The fraction of sp³-hybridized carbons (Fsp3) is 0.182. The van der Waals surface area contributed by atoms with Crippen LogP contribution in [0.4, 0.5) is 5.69 Å². The minimum Gasteiger partial charge on any atom is -0.494 e. The van der Waals surface area contributed by atoms with Gasteiger partial charge in [-0.2, -0.15) is 5.26 Å². The lowest BCUT2D eigenvalue weighted by molar-refractivity contribution is -0.112. The Kier molecular flexibility index (Phi) is 8.31. The molecule has 0 spiro atoms. The standard InChI is InChI=1S/C22H21BrN2O4/c1-4-10-29-21-19(23)12-15(13-20(21)27-3)11-16(14-24)22(26)25-17-6-8-18(9-7-17)28-5-2/h4,6-9,11-13H,1,5,10H2,2-3H3,(H,25,26)/b16-11-. The highest BCUT2D eigenvalue weighted by atomic mass is 79.9. The molecule has 2 rings (SSSR count). The molecule has 0 saturated carbocycles. The zero-order valence-electron chi connectivity index (χ0n) is 16.2. The summed E-state index contributed by atoms with van der Waals surface area (Å²) in [6.45, 7) is 6.39. The van der Waals surface area contributed by atoms with Crippen LogP contribution in [0, 0.1) is 11.3 Å². The summed E-state index contributed by atoms with van der Waals surface area (Å²) < 4.78 is 16.9. The minimum atomic E-state index is -0.515. The van der Waals surface area contributed by atoms with Crippen LogP contribution in [0.1, 0.15) is 12.5 Å². The number of benzene rings is 2. The van der Waals surface area contributed by atoms with Crippen molar-refractivity contribution in [1.29, 1.82) is 5.26 Å². The van der Waals surface area contributed by atoms with Gasteiger partial charge in [0.05, 0.1) is 18.2 Å². The van der Waals surface area contributed by atoms with Crippen LogP contribution in [0.3, 0.4) is 0 Å². The number of hydrogen-bond donors (Lipinski definition) is 1. The predicted octanol–water partition coefficient (Wildman–Crippen LogP) is 4.97. The van der Waals surface area contributed by atoms with Gasteiger partial charge < -0.3 is 19.5 Å². The van der Waals surface area contributed by atoms with Gasteiger partial charge in [0.2, 0.25) is 0 Å². The average molecular weight is 457 g/mol. The van der Waals surface area contributed by atoms with Crippen LogP contribution in [0.2, 0.25) is 0 Å². The second kappa shape index (κ2) is 10.9. The summed E-state index contributed by atoms with van der Waals surface area (Å²) in [5, 5.41) is 12.1. The highest BCUT2D eigenvalue weighted by Crippen LogP contribution is 2.37. The monoisotopic (exact) mass is 456 g/mol. The summed E-state index contributed by atoms with van der Waals surface area (Å²) in [7, 11) is 1.51. The van der Waals surface area contributed by atoms with E-state index in [2.05, 4.69) is 27.8 Å². The van der Waals surface area contributed by atoms with E-state index in [9.17, 15) is 10.1 Å². The van der Waals surface area contributed by atoms with E-state index in [4.69, 9.17) is 14.2 Å². The third-order valence-corrected chi connectivity index (χ3v) is 4.29. The molecule has 150 valence electrons. The molecule has 2 aromatic carbocycles. The third-order valence-electron chi connectivity index (χ3n) is 3.70. The lowest BCUT2D eigenvalue weighted by atomic mass is 10.1. The normalized spacial score (nSPS) is 10.6. The summed E-state index contributed by atoms with van der Waals surface area (Å²) in [6.07, 6.45) is 3.10. The number of methoxy groups -OCH3 is 1. The number of carbonyl (C=O) groups excluding carboxylic acids is 1. The molecule has 0 aliphatic carbocycles. The maximum Gasteiger partial charge on any atom is 0.266 e. The van der Waals surface area contributed by atoms with E-state index in [0.717, 1.165) is 0 Å². The molecule has 29 heavy (non-hydrogen) atoms. The highest BCUT2D eigenvalue weighted by molar-refractivity contribution is 9.10. The smallest absolute Gasteiger partial charge is 0.266 e. The van der Waals surface area contributed by atoms with Crippen molar-refractivity contribution >= 4 is 33.6 Å². The number of carbonyl (C=O) groups is 1. The SMILES string of the molecule is C=CCOc1c(Br)cc(/C=C(/C#N)C(=O)Nc2ccc(OCC)cc2)cc1OC. The van der Waals surface area contributed by atoms with Gasteiger partial charge >= 0.3 is 0 Å². The van der Waals surface area contributed by atoms with Crippen molar-refractivity contribution in [3.8, 4) is 23.3 Å². The Morgan fingerprint density at radius 1 is 1.28 bits per heavy atom. The number of nitriles is 1. The number of ether oxygens (including phenoxy) is 3. The summed E-state index contributed by atoms with van der Waals surface area (Å²) in [4.78, 5) is 12.5. The lowest BCUT2D eigenvalue weighted by Gasteiger charge is -2.12. The van der Waals surface area contributed by atoms with Gasteiger partial charge in [0, 0.05) is 5.69 Å². The van der Waals surface area contributed by atoms with Gasteiger partial charge in [-0.25, -0.2) is 0 Å². The molecular weight excluding hydrogens is 436 g/mol. The molecule has 0 aliphatic heterocycles. The van der Waals surface area contributed by atoms with E-state index >= 15 is 0 Å². The molecule has 0 heterocycles. The number of halogens is 1. The Hall–Kier alpha value is -3.24. The number of nitrogens with zero attached hydrogens (tertiary/aromatic N) is 1. The van der Waals surface area contributed by atoms with E-state index in [1.54, 1.807) is 42.5 Å². The second-order valence-electron chi connectivity index (χ2n) is 5.72. The van der Waals surface area contributed by atoms with Crippen molar-refractivity contribution in [3.05, 3.63) is 64.7 Å². The molecule has 2 aromatic rings. The van der Waals surface area contributed by atoms with Crippen molar-refractivity contribution in [2.45, 2.75) is 6.92 Å². The fourth-order valence-corrected chi connectivity index (χ4v) is 2.99. The van der Waals surface area contributed by atoms with Crippen LogP contribution in [-0.2, 0) is 4.79 Å². The number of hydrogen-bond acceptors (Lipinski definition) is 5. The summed E-state index contributed by atoms with van der Waals surface area (Å²) in [5.74, 6) is 1.18.